The summed E-state index contributed by atoms with van der Waals surface area (Å²) in [5.74, 6) is -0.0258. The highest BCUT2D eigenvalue weighted by Gasteiger charge is 2.40. The van der Waals surface area contributed by atoms with Crippen molar-refractivity contribution in [2.75, 3.05) is 13.7 Å². The number of hydrogen-bond acceptors (Lipinski definition) is 4. The summed E-state index contributed by atoms with van der Waals surface area (Å²) in [6.45, 7) is -0.144. The number of benzene rings is 1. The molecule has 0 heterocycles. The topological polar surface area (TPSA) is 84.9 Å². The number of nitrogens with one attached hydrogen (secondary N) is 1. The van der Waals surface area contributed by atoms with Gasteiger partial charge in [-0.25, -0.2) is 0 Å². The van der Waals surface area contributed by atoms with Crippen LogP contribution < -0.4 is 14.8 Å². The number of methoxy groups -OCH3 is 1. The molecule has 0 radical (unpaired) electrons. The van der Waals surface area contributed by atoms with Crippen molar-refractivity contribution in [1.82, 2.24) is 5.32 Å². The fourth-order valence-electron chi connectivity index (χ4n) is 2.41. The second kappa shape index (κ2) is 6.47. The van der Waals surface area contributed by atoms with Crippen LogP contribution in [0.1, 0.15) is 25.7 Å². The van der Waals surface area contributed by atoms with Gasteiger partial charge in [-0.15, -0.1) is 0 Å². The maximum absolute atomic E-state index is 11.9. The molecule has 1 aromatic carbocycles. The Morgan fingerprint density at radius 2 is 2.05 bits per heavy atom. The third kappa shape index (κ3) is 4.11. The van der Waals surface area contributed by atoms with E-state index in [4.69, 9.17) is 14.6 Å². The van der Waals surface area contributed by atoms with E-state index >= 15 is 0 Å². The van der Waals surface area contributed by atoms with Gasteiger partial charge in [0, 0.05) is 6.07 Å². The fourth-order valence-corrected chi connectivity index (χ4v) is 2.41. The monoisotopic (exact) mass is 293 g/mol. The van der Waals surface area contributed by atoms with E-state index in [0.717, 1.165) is 6.42 Å². The molecule has 1 amide bonds. The molecule has 1 aliphatic rings. The second-order valence-corrected chi connectivity index (χ2v) is 5.22. The minimum Gasteiger partial charge on any atom is -0.497 e. The van der Waals surface area contributed by atoms with E-state index < -0.39 is 11.5 Å². The molecule has 114 valence electrons. The summed E-state index contributed by atoms with van der Waals surface area (Å²) in [5.41, 5.74) is -0.597. The third-order valence-electron chi connectivity index (χ3n) is 3.62. The molecule has 21 heavy (non-hydrogen) atoms. The molecule has 2 rings (SSSR count). The Labute approximate surface area is 123 Å². The second-order valence-electron chi connectivity index (χ2n) is 5.22. The molecule has 1 aliphatic carbocycles. The van der Waals surface area contributed by atoms with Crippen molar-refractivity contribution in [3.8, 4) is 11.5 Å². The third-order valence-corrected chi connectivity index (χ3v) is 3.62. The summed E-state index contributed by atoms with van der Waals surface area (Å²) in [5, 5.41) is 11.7. The molecule has 0 bridgehead atoms. The van der Waals surface area contributed by atoms with Gasteiger partial charge in [0.25, 0.3) is 5.91 Å². The van der Waals surface area contributed by atoms with Gasteiger partial charge in [-0.1, -0.05) is 6.07 Å². The standard InChI is InChI=1S/C15H19NO5/c1-20-11-4-2-5-12(8-11)21-10-13(17)16-15(6-3-7-15)9-14(18)19/h2,4-5,8H,3,6-7,9-10H2,1H3,(H,16,17)(H,18,19). The largest absolute Gasteiger partial charge is 0.497 e. The minimum absolute atomic E-state index is 0.0438. The first-order valence-corrected chi connectivity index (χ1v) is 6.83. The normalized spacial score (nSPS) is 15.7. The van der Waals surface area contributed by atoms with Gasteiger partial charge in [0.15, 0.2) is 6.61 Å². The number of amides is 1. The first kappa shape index (κ1) is 15.2. The molecule has 0 unspecified atom stereocenters. The van der Waals surface area contributed by atoms with Gasteiger partial charge in [0.05, 0.1) is 19.1 Å². The highest BCUT2D eigenvalue weighted by molar-refractivity contribution is 5.80. The highest BCUT2D eigenvalue weighted by atomic mass is 16.5. The Balaban J connectivity index is 1.85. The zero-order chi connectivity index (χ0) is 15.3. The molecule has 0 saturated heterocycles. The van der Waals surface area contributed by atoms with Gasteiger partial charge in [0.2, 0.25) is 0 Å². The lowest BCUT2D eigenvalue weighted by molar-refractivity contribution is -0.140. The number of carbonyl (C=O) groups is 2. The maximum Gasteiger partial charge on any atom is 0.305 e. The summed E-state index contributed by atoms with van der Waals surface area (Å²) in [7, 11) is 1.55. The summed E-state index contributed by atoms with van der Waals surface area (Å²) < 4.78 is 10.5. The van der Waals surface area contributed by atoms with Gasteiger partial charge in [-0.2, -0.15) is 0 Å². The molecule has 6 nitrogen and oxygen atoms in total. The number of ether oxygens (including phenoxy) is 2. The molecule has 1 saturated carbocycles. The van der Waals surface area contributed by atoms with Crippen LogP contribution in [-0.4, -0.2) is 36.2 Å². The van der Waals surface area contributed by atoms with E-state index in [9.17, 15) is 9.59 Å². The number of carbonyl (C=O) groups excluding carboxylic acids is 1. The number of carboxylic acids is 1. The molecule has 0 aliphatic heterocycles. The van der Waals surface area contributed by atoms with Crippen molar-refractivity contribution in [1.29, 1.82) is 0 Å². The van der Waals surface area contributed by atoms with Gasteiger partial charge in [-0.3, -0.25) is 9.59 Å². The van der Waals surface area contributed by atoms with E-state index in [0.29, 0.717) is 24.3 Å². The number of carboxylic acid groups (broad SMARTS) is 1. The minimum atomic E-state index is -0.899. The van der Waals surface area contributed by atoms with Crippen molar-refractivity contribution in [3.63, 3.8) is 0 Å². The van der Waals surface area contributed by atoms with Gasteiger partial charge in [-0.05, 0) is 31.4 Å². The van der Waals surface area contributed by atoms with Crippen LogP contribution in [-0.2, 0) is 9.59 Å². The molecule has 0 aromatic heterocycles. The fraction of sp³-hybridized carbons (Fsp3) is 0.467. The quantitative estimate of drug-likeness (QED) is 0.797. The average molecular weight is 293 g/mol. The molecule has 1 aromatic rings. The maximum atomic E-state index is 11.9. The summed E-state index contributed by atoms with van der Waals surface area (Å²) >= 11 is 0. The van der Waals surface area contributed by atoms with Gasteiger partial charge >= 0.3 is 5.97 Å². The summed E-state index contributed by atoms with van der Waals surface area (Å²) in [6, 6.07) is 6.96. The molecular weight excluding hydrogens is 274 g/mol. The number of aliphatic carboxylic acids is 1. The summed E-state index contributed by atoms with van der Waals surface area (Å²) in [4.78, 5) is 22.7. The van der Waals surface area contributed by atoms with Crippen LogP contribution in [0.2, 0.25) is 0 Å². The van der Waals surface area contributed by atoms with Crippen molar-refractivity contribution < 1.29 is 24.2 Å². The van der Waals surface area contributed by atoms with Crippen molar-refractivity contribution in [2.45, 2.75) is 31.2 Å². The van der Waals surface area contributed by atoms with E-state index in [1.165, 1.54) is 0 Å². The first-order chi connectivity index (χ1) is 10.0. The first-order valence-electron chi connectivity index (χ1n) is 6.83. The Hall–Kier alpha value is -2.24. The Morgan fingerprint density at radius 3 is 2.62 bits per heavy atom. The summed E-state index contributed by atoms with van der Waals surface area (Å²) in [6.07, 6.45) is 2.29. The average Bonchev–Trinajstić information content (AvgIpc) is 2.42. The lowest BCUT2D eigenvalue weighted by atomic mass is 9.74. The molecule has 2 N–H and O–H groups in total. The van der Waals surface area contributed by atoms with Gasteiger partial charge in [0.1, 0.15) is 11.5 Å². The smallest absolute Gasteiger partial charge is 0.305 e. The van der Waals surface area contributed by atoms with Crippen LogP contribution in [0, 0.1) is 0 Å². The number of rotatable bonds is 7. The molecule has 0 atom stereocenters. The molecule has 0 spiro atoms. The Bertz CT molecular complexity index is 525. The van der Waals surface area contributed by atoms with E-state index in [1.807, 2.05) is 0 Å². The molecule has 1 fully saturated rings. The van der Waals surface area contributed by atoms with Crippen LogP contribution in [0.25, 0.3) is 0 Å². The van der Waals surface area contributed by atoms with Crippen LogP contribution in [0.15, 0.2) is 24.3 Å². The molecular formula is C15H19NO5. The van der Waals surface area contributed by atoms with Crippen molar-refractivity contribution in [3.05, 3.63) is 24.3 Å². The van der Waals surface area contributed by atoms with Crippen LogP contribution in [0.5, 0.6) is 11.5 Å². The number of hydrogen-bond donors (Lipinski definition) is 2. The lowest BCUT2D eigenvalue weighted by Gasteiger charge is -2.41. The van der Waals surface area contributed by atoms with E-state index in [-0.39, 0.29) is 18.9 Å². The van der Waals surface area contributed by atoms with Crippen molar-refractivity contribution >= 4 is 11.9 Å². The molecule has 6 heteroatoms. The van der Waals surface area contributed by atoms with Crippen LogP contribution in [0.3, 0.4) is 0 Å². The Kier molecular flexibility index (Phi) is 4.67. The predicted octanol–water partition coefficient (Wildman–Crippen LogP) is 1.59. The van der Waals surface area contributed by atoms with Crippen LogP contribution in [0.4, 0.5) is 0 Å². The van der Waals surface area contributed by atoms with E-state index in [1.54, 1.807) is 31.4 Å². The van der Waals surface area contributed by atoms with Crippen molar-refractivity contribution in [2.24, 2.45) is 0 Å². The Morgan fingerprint density at radius 1 is 1.33 bits per heavy atom. The highest BCUT2D eigenvalue weighted by Crippen LogP contribution is 2.34. The van der Waals surface area contributed by atoms with E-state index in [2.05, 4.69) is 5.32 Å². The van der Waals surface area contributed by atoms with Gasteiger partial charge < -0.3 is 19.9 Å². The lowest BCUT2D eigenvalue weighted by Crippen LogP contribution is -2.55. The zero-order valence-corrected chi connectivity index (χ0v) is 11.9. The zero-order valence-electron chi connectivity index (χ0n) is 11.9. The SMILES string of the molecule is COc1cccc(OCC(=O)NC2(CC(=O)O)CCC2)c1. The predicted molar refractivity (Wildman–Crippen MR) is 75.5 cm³/mol. The van der Waals surface area contributed by atoms with Crippen LogP contribution >= 0.6 is 0 Å².